The fourth-order valence-corrected chi connectivity index (χ4v) is 2.78. The van der Waals surface area contributed by atoms with E-state index < -0.39 is 30.1 Å². The van der Waals surface area contributed by atoms with E-state index in [-0.39, 0.29) is 26.2 Å². The Balaban J connectivity index is 1.67. The standard InChI is InChI=1S/C15H16FNO4/c16-14-12-9-20-8-11(6-13(14)18)17(12)15(19)21-7-10-4-2-1-3-5-10/h1-5,11-12,14H,6-9H2. The van der Waals surface area contributed by atoms with Gasteiger partial charge in [0, 0.05) is 6.42 Å². The largest absolute Gasteiger partial charge is 0.445 e. The van der Waals surface area contributed by atoms with Gasteiger partial charge in [-0.15, -0.1) is 0 Å². The Hall–Kier alpha value is -1.95. The van der Waals surface area contributed by atoms with Crippen LogP contribution in [0.15, 0.2) is 30.3 Å². The second kappa shape index (κ2) is 5.81. The Labute approximate surface area is 121 Å². The summed E-state index contributed by atoms with van der Waals surface area (Å²) in [6.07, 6.45) is -2.30. The van der Waals surface area contributed by atoms with E-state index in [2.05, 4.69) is 0 Å². The minimum Gasteiger partial charge on any atom is -0.445 e. The van der Waals surface area contributed by atoms with Gasteiger partial charge in [0.2, 0.25) is 0 Å². The number of piperidine rings is 1. The van der Waals surface area contributed by atoms with Gasteiger partial charge < -0.3 is 9.47 Å². The number of carbonyl (C=O) groups is 2. The Bertz CT molecular complexity index is 536. The molecule has 2 saturated heterocycles. The van der Waals surface area contributed by atoms with Crippen LogP contribution in [0.4, 0.5) is 9.18 Å². The minimum absolute atomic E-state index is 0.0158. The number of alkyl halides is 1. The van der Waals surface area contributed by atoms with Crippen LogP contribution in [0.3, 0.4) is 0 Å². The molecule has 1 aromatic carbocycles. The molecule has 3 atom stereocenters. The van der Waals surface area contributed by atoms with E-state index >= 15 is 0 Å². The molecule has 0 spiro atoms. The molecule has 2 bridgehead atoms. The second-order valence-corrected chi connectivity index (χ2v) is 5.28. The average Bonchev–Trinajstić information content (AvgIpc) is 2.51. The smallest absolute Gasteiger partial charge is 0.410 e. The summed E-state index contributed by atoms with van der Waals surface area (Å²) in [5.41, 5.74) is 0.858. The molecule has 0 radical (unpaired) electrons. The molecule has 3 rings (SSSR count). The molecule has 5 nitrogen and oxygen atoms in total. The molecule has 0 saturated carbocycles. The Morgan fingerprint density at radius 3 is 2.86 bits per heavy atom. The third-order valence-electron chi connectivity index (χ3n) is 3.85. The molecule has 2 aliphatic rings. The molecule has 1 amide bonds. The normalized spacial score (nSPS) is 28.3. The monoisotopic (exact) mass is 293 g/mol. The van der Waals surface area contributed by atoms with Gasteiger partial charge in [-0.2, -0.15) is 0 Å². The number of benzene rings is 1. The maximum atomic E-state index is 13.9. The fourth-order valence-electron chi connectivity index (χ4n) is 2.78. The quantitative estimate of drug-likeness (QED) is 0.833. The highest BCUT2D eigenvalue weighted by molar-refractivity contribution is 5.87. The summed E-state index contributed by atoms with van der Waals surface area (Å²) < 4.78 is 24.4. The number of fused-ring (bicyclic) bond motifs is 2. The molecule has 112 valence electrons. The number of Topliss-reactive ketones (excluding diaryl/α,β-unsaturated/α-hetero) is 1. The number of rotatable bonds is 2. The van der Waals surface area contributed by atoms with Crippen LogP contribution in [-0.2, 0) is 20.9 Å². The number of halogens is 1. The Kier molecular flexibility index (Phi) is 3.88. The second-order valence-electron chi connectivity index (χ2n) is 5.28. The van der Waals surface area contributed by atoms with Gasteiger partial charge in [0.15, 0.2) is 12.0 Å². The number of ketones is 1. The molecule has 2 fully saturated rings. The van der Waals surface area contributed by atoms with Crippen molar-refractivity contribution in [2.24, 2.45) is 0 Å². The van der Waals surface area contributed by atoms with E-state index in [0.717, 1.165) is 5.56 Å². The van der Waals surface area contributed by atoms with Crippen molar-refractivity contribution >= 4 is 11.9 Å². The first-order chi connectivity index (χ1) is 10.2. The van der Waals surface area contributed by atoms with Crippen LogP contribution in [0.25, 0.3) is 0 Å². The summed E-state index contributed by atoms with van der Waals surface area (Å²) in [5, 5.41) is 0. The van der Waals surface area contributed by atoms with Crippen molar-refractivity contribution in [2.75, 3.05) is 13.2 Å². The predicted molar refractivity (Wildman–Crippen MR) is 71.4 cm³/mol. The molecular weight excluding hydrogens is 277 g/mol. The Morgan fingerprint density at radius 2 is 2.10 bits per heavy atom. The summed E-state index contributed by atoms with van der Waals surface area (Å²) in [7, 11) is 0. The zero-order valence-electron chi connectivity index (χ0n) is 11.4. The molecule has 0 aliphatic carbocycles. The van der Waals surface area contributed by atoms with Crippen molar-refractivity contribution in [3.05, 3.63) is 35.9 Å². The van der Waals surface area contributed by atoms with Crippen LogP contribution in [0, 0.1) is 0 Å². The van der Waals surface area contributed by atoms with E-state index in [0.29, 0.717) is 0 Å². The highest BCUT2D eigenvalue weighted by Crippen LogP contribution is 2.28. The molecule has 2 heterocycles. The van der Waals surface area contributed by atoms with Crippen LogP contribution in [0.1, 0.15) is 12.0 Å². The zero-order valence-corrected chi connectivity index (χ0v) is 11.4. The lowest BCUT2D eigenvalue weighted by Gasteiger charge is -2.45. The number of nitrogens with zero attached hydrogens (tertiary/aromatic N) is 1. The van der Waals surface area contributed by atoms with E-state index in [1.165, 1.54) is 4.90 Å². The van der Waals surface area contributed by atoms with E-state index in [1.807, 2.05) is 30.3 Å². The summed E-state index contributed by atoms with van der Waals surface area (Å²) in [6, 6.07) is 7.96. The molecule has 1 aromatic rings. The number of morpholine rings is 1. The zero-order chi connectivity index (χ0) is 14.8. The van der Waals surface area contributed by atoms with Crippen molar-refractivity contribution < 1.29 is 23.5 Å². The van der Waals surface area contributed by atoms with Gasteiger partial charge in [0.1, 0.15) is 6.61 Å². The van der Waals surface area contributed by atoms with E-state index in [4.69, 9.17) is 9.47 Å². The molecule has 2 aliphatic heterocycles. The number of ether oxygens (including phenoxy) is 2. The van der Waals surface area contributed by atoms with Gasteiger partial charge in [-0.3, -0.25) is 9.69 Å². The minimum atomic E-state index is -1.69. The first-order valence-corrected chi connectivity index (χ1v) is 6.90. The maximum Gasteiger partial charge on any atom is 0.410 e. The lowest BCUT2D eigenvalue weighted by Crippen LogP contribution is -2.64. The number of hydrogen-bond acceptors (Lipinski definition) is 4. The highest BCUT2D eigenvalue weighted by Gasteiger charge is 2.48. The molecule has 0 N–H and O–H groups in total. The van der Waals surface area contributed by atoms with Crippen molar-refractivity contribution in [3.8, 4) is 0 Å². The topological polar surface area (TPSA) is 55.8 Å². The van der Waals surface area contributed by atoms with Crippen molar-refractivity contribution in [2.45, 2.75) is 31.3 Å². The van der Waals surface area contributed by atoms with Crippen LogP contribution < -0.4 is 0 Å². The first-order valence-electron chi connectivity index (χ1n) is 6.90. The highest BCUT2D eigenvalue weighted by atomic mass is 19.1. The number of carbonyl (C=O) groups excluding carboxylic acids is 2. The van der Waals surface area contributed by atoms with Gasteiger partial charge in [-0.1, -0.05) is 30.3 Å². The summed E-state index contributed by atoms with van der Waals surface area (Å²) in [6.45, 7) is 0.403. The van der Waals surface area contributed by atoms with E-state index in [1.54, 1.807) is 0 Å². The maximum absolute atomic E-state index is 13.9. The van der Waals surface area contributed by atoms with Crippen molar-refractivity contribution in [3.63, 3.8) is 0 Å². The van der Waals surface area contributed by atoms with Crippen LogP contribution in [0.2, 0.25) is 0 Å². The molecule has 0 aromatic heterocycles. The lowest BCUT2D eigenvalue weighted by atomic mass is 9.92. The van der Waals surface area contributed by atoms with Gasteiger partial charge in [0.25, 0.3) is 0 Å². The third-order valence-corrected chi connectivity index (χ3v) is 3.85. The van der Waals surface area contributed by atoms with Crippen molar-refractivity contribution in [1.29, 1.82) is 0 Å². The predicted octanol–water partition coefficient (Wildman–Crippen LogP) is 1.70. The summed E-state index contributed by atoms with van der Waals surface area (Å²) >= 11 is 0. The number of hydrogen-bond donors (Lipinski definition) is 0. The molecular formula is C15H16FNO4. The van der Waals surface area contributed by atoms with Crippen LogP contribution >= 0.6 is 0 Å². The molecule has 3 unspecified atom stereocenters. The SMILES string of the molecule is O=C1CC2COCC(C1F)N2C(=O)OCc1ccccc1. The van der Waals surface area contributed by atoms with Gasteiger partial charge >= 0.3 is 6.09 Å². The van der Waals surface area contributed by atoms with Crippen LogP contribution in [-0.4, -0.2) is 48.2 Å². The van der Waals surface area contributed by atoms with Gasteiger partial charge in [0.05, 0.1) is 25.3 Å². The lowest BCUT2D eigenvalue weighted by molar-refractivity contribution is -0.144. The van der Waals surface area contributed by atoms with Gasteiger partial charge in [-0.05, 0) is 5.56 Å². The van der Waals surface area contributed by atoms with Gasteiger partial charge in [-0.25, -0.2) is 9.18 Å². The molecule has 6 heteroatoms. The third kappa shape index (κ3) is 2.76. The first kappa shape index (κ1) is 14.0. The average molecular weight is 293 g/mol. The summed E-state index contributed by atoms with van der Waals surface area (Å²) in [5.74, 6) is -0.458. The Morgan fingerprint density at radius 1 is 1.33 bits per heavy atom. The van der Waals surface area contributed by atoms with Crippen LogP contribution in [0.5, 0.6) is 0 Å². The molecule has 21 heavy (non-hydrogen) atoms. The van der Waals surface area contributed by atoms with Crippen molar-refractivity contribution in [1.82, 2.24) is 4.90 Å². The summed E-state index contributed by atoms with van der Waals surface area (Å²) in [4.78, 5) is 25.1. The fraction of sp³-hybridized carbons (Fsp3) is 0.467. The van der Waals surface area contributed by atoms with E-state index in [9.17, 15) is 14.0 Å². The number of amides is 1.